The molecule has 6 heteroatoms. The number of hydrogen-bond acceptors (Lipinski definition) is 3. The molecule has 1 aromatic carbocycles. The van der Waals surface area contributed by atoms with Crippen LogP contribution in [0.25, 0.3) is 0 Å². The first-order valence-corrected chi connectivity index (χ1v) is 8.81. The summed E-state index contributed by atoms with van der Waals surface area (Å²) in [5.41, 5.74) is 5.96. The predicted molar refractivity (Wildman–Crippen MR) is 84.4 cm³/mol. The van der Waals surface area contributed by atoms with E-state index < -0.39 is 10.0 Å². The second-order valence-electron chi connectivity index (χ2n) is 4.95. The van der Waals surface area contributed by atoms with Crippen molar-refractivity contribution in [3.63, 3.8) is 0 Å². The summed E-state index contributed by atoms with van der Waals surface area (Å²) < 4.78 is 27.0. The van der Waals surface area contributed by atoms with Gasteiger partial charge in [-0.2, -0.15) is 0 Å². The monoisotopic (exact) mass is 318 g/mol. The molecule has 0 heterocycles. The molecule has 0 amide bonds. The van der Waals surface area contributed by atoms with E-state index in [1.54, 1.807) is 0 Å². The van der Waals surface area contributed by atoms with Crippen molar-refractivity contribution in [1.29, 1.82) is 0 Å². The number of nitrogens with one attached hydrogen (secondary N) is 1. The minimum absolute atomic E-state index is 0.155. The zero-order valence-corrected chi connectivity index (χ0v) is 13.6. The van der Waals surface area contributed by atoms with Crippen molar-refractivity contribution in [1.82, 2.24) is 4.72 Å². The Bertz CT molecular complexity index is 532. The number of hydrogen-bond donors (Lipinski definition) is 2. The fourth-order valence-electron chi connectivity index (χ4n) is 1.93. The highest BCUT2D eigenvalue weighted by molar-refractivity contribution is 7.89. The van der Waals surface area contributed by atoms with E-state index in [-0.39, 0.29) is 9.92 Å². The maximum Gasteiger partial charge on any atom is 0.240 e. The van der Waals surface area contributed by atoms with Gasteiger partial charge in [0.1, 0.15) is 0 Å². The van der Waals surface area contributed by atoms with E-state index in [1.165, 1.54) is 18.2 Å². The zero-order chi connectivity index (χ0) is 15.2. The fourth-order valence-corrected chi connectivity index (χ4v) is 3.32. The highest BCUT2D eigenvalue weighted by Crippen LogP contribution is 2.22. The Kier molecular flexibility index (Phi) is 6.79. The lowest BCUT2D eigenvalue weighted by Crippen LogP contribution is -2.29. The third kappa shape index (κ3) is 4.96. The van der Waals surface area contributed by atoms with Crippen molar-refractivity contribution in [3.8, 4) is 0 Å². The van der Waals surface area contributed by atoms with Gasteiger partial charge in [0.15, 0.2) is 0 Å². The summed E-state index contributed by atoms with van der Waals surface area (Å²) in [6.07, 6.45) is 4.24. The van der Waals surface area contributed by atoms with Gasteiger partial charge in [-0.15, -0.1) is 0 Å². The fraction of sp³-hybridized carbons (Fsp3) is 0.571. The quantitative estimate of drug-likeness (QED) is 0.721. The molecular weight excluding hydrogens is 296 g/mol. The summed E-state index contributed by atoms with van der Waals surface area (Å²) in [4.78, 5) is 0.155. The standard InChI is InChI=1S/C14H23ClN2O2S/c1-3-5-6-11(4-2)10-17-20(18,19)12-7-8-14(16)13(15)9-12/h7-9,11,17H,3-6,10,16H2,1-2H3. The summed E-state index contributed by atoms with van der Waals surface area (Å²) in [7, 11) is -3.52. The number of halogens is 1. The van der Waals surface area contributed by atoms with Crippen LogP contribution >= 0.6 is 11.6 Å². The molecule has 114 valence electrons. The molecule has 0 saturated heterocycles. The van der Waals surface area contributed by atoms with Crippen LogP contribution in [0, 0.1) is 5.92 Å². The van der Waals surface area contributed by atoms with E-state index in [0.29, 0.717) is 18.2 Å². The Hall–Kier alpha value is -0.780. The molecule has 3 N–H and O–H groups in total. The summed E-state index contributed by atoms with van der Waals surface area (Å²) in [6, 6.07) is 4.36. The average molecular weight is 319 g/mol. The van der Waals surface area contributed by atoms with Crippen LogP contribution in [0.4, 0.5) is 5.69 Å². The molecule has 0 saturated carbocycles. The largest absolute Gasteiger partial charge is 0.398 e. The molecule has 0 aromatic heterocycles. The molecule has 0 aliphatic heterocycles. The molecule has 1 rings (SSSR count). The van der Waals surface area contributed by atoms with Crippen molar-refractivity contribution in [2.75, 3.05) is 12.3 Å². The summed E-state index contributed by atoms with van der Waals surface area (Å²) >= 11 is 5.86. The Morgan fingerprint density at radius 2 is 2.05 bits per heavy atom. The third-order valence-corrected chi connectivity index (χ3v) is 5.14. The average Bonchev–Trinajstić information content (AvgIpc) is 2.42. The van der Waals surface area contributed by atoms with Gasteiger partial charge in [-0.25, -0.2) is 13.1 Å². The molecule has 0 aliphatic rings. The van der Waals surface area contributed by atoms with Crippen molar-refractivity contribution in [2.45, 2.75) is 44.4 Å². The van der Waals surface area contributed by atoms with Gasteiger partial charge in [0.25, 0.3) is 0 Å². The number of nitrogens with two attached hydrogens (primary N) is 1. The summed E-state index contributed by atoms with van der Waals surface area (Å²) in [5.74, 6) is 0.369. The minimum Gasteiger partial charge on any atom is -0.398 e. The van der Waals surface area contributed by atoms with E-state index in [9.17, 15) is 8.42 Å². The normalized spacial score (nSPS) is 13.3. The van der Waals surface area contributed by atoms with Crippen LogP contribution in [-0.4, -0.2) is 15.0 Å². The van der Waals surface area contributed by atoms with Gasteiger partial charge in [0, 0.05) is 6.54 Å². The lowest BCUT2D eigenvalue weighted by Gasteiger charge is -2.15. The number of rotatable bonds is 8. The van der Waals surface area contributed by atoms with Gasteiger partial charge >= 0.3 is 0 Å². The first kappa shape index (κ1) is 17.3. The Labute approximate surface area is 126 Å². The number of anilines is 1. The molecular formula is C14H23ClN2O2S. The van der Waals surface area contributed by atoms with Crippen LogP contribution in [-0.2, 0) is 10.0 Å². The summed E-state index contributed by atoms with van der Waals surface area (Å²) in [5, 5.41) is 0.255. The zero-order valence-electron chi connectivity index (χ0n) is 12.0. The van der Waals surface area contributed by atoms with Crippen molar-refractivity contribution in [3.05, 3.63) is 23.2 Å². The molecule has 1 atom stereocenters. The predicted octanol–water partition coefficient (Wildman–Crippen LogP) is 3.42. The smallest absolute Gasteiger partial charge is 0.240 e. The highest BCUT2D eigenvalue weighted by Gasteiger charge is 2.17. The van der Waals surface area contributed by atoms with E-state index in [0.717, 1.165) is 25.7 Å². The van der Waals surface area contributed by atoms with E-state index in [1.807, 2.05) is 0 Å². The maximum absolute atomic E-state index is 12.2. The summed E-state index contributed by atoms with van der Waals surface area (Å²) in [6.45, 7) is 4.67. The van der Waals surface area contributed by atoms with Gasteiger partial charge in [-0.1, -0.05) is 44.7 Å². The van der Waals surface area contributed by atoms with Crippen molar-refractivity contribution in [2.24, 2.45) is 5.92 Å². The molecule has 0 fully saturated rings. The van der Waals surface area contributed by atoms with E-state index in [2.05, 4.69) is 18.6 Å². The van der Waals surface area contributed by atoms with E-state index in [4.69, 9.17) is 17.3 Å². The number of benzene rings is 1. The Morgan fingerprint density at radius 3 is 2.60 bits per heavy atom. The van der Waals surface area contributed by atoms with Crippen LogP contribution in [0.2, 0.25) is 5.02 Å². The van der Waals surface area contributed by atoms with Gasteiger partial charge in [-0.05, 0) is 30.5 Å². The Morgan fingerprint density at radius 1 is 1.35 bits per heavy atom. The number of unbranched alkanes of at least 4 members (excludes halogenated alkanes) is 1. The van der Waals surface area contributed by atoms with Crippen LogP contribution in [0.1, 0.15) is 39.5 Å². The van der Waals surface area contributed by atoms with Crippen LogP contribution in [0.3, 0.4) is 0 Å². The second kappa shape index (κ2) is 7.86. The molecule has 4 nitrogen and oxygen atoms in total. The van der Waals surface area contributed by atoms with Crippen LogP contribution < -0.4 is 10.5 Å². The molecule has 0 bridgehead atoms. The minimum atomic E-state index is -3.52. The Balaban J connectivity index is 2.71. The van der Waals surface area contributed by atoms with Crippen LogP contribution in [0.5, 0.6) is 0 Å². The van der Waals surface area contributed by atoms with Gasteiger partial charge in [-0.3, -0.25) is 0 Å². The SMILES string of the molecule is CCCCC(CC)CNS(=O)(=O)c1ccc(N)c(Cl)c1. The number of nitrogen functional groups attached to an aromatic ring is 1. The lowest BCUT2D eigenvalue weighted by atomic mass is 10.00. The third-order valence-electron chi connectivity index (χ3n) is 3.39. The molecule has 1 aromatic rings. The first-order chi connectivity index (χ1) is 9.40. The van der Waals surface area contributed by atoms with Crippen molar-refractivity contribution >= 4 is 27.3 Å². The van der Waals surface area contributed by atoms with Gasteiger partial charge in [0.05, 0.1) is 15.6 Å². The van der Waals surface area contributed by atoms with Gasteiger partial charge in [0.2, 0.25) is 10.0 Å². The molecule has 0 radical (unpaired) electrons. The second-order valence-corrected chi connectivity index (χ2v) is 7.13. The maximum atomic E-state index is 12.2. The number of sulfonamides is 1. The molecule has 20 heavy (non-hydrogen) atoms. The molecule has 0 spiro atoms. The topological polar surface area (TPSA) is 72.2 Å². The van der Waals surface area contributed by atoms with E-state index >= 15 is 0 Å². The van der Waals surface area contributed by atoms with Crippen molar-refractivity contribution < 1.29 is 8.42 Å². The highest BCUT2D eigenvalue weighted by atomic mass is 35.5. The van der Waals surface area contributed by atoms with Gasteiger partial charge < -0.3 is 5.73 Å². The van der Waals surface area contributed by atoms with Crippen LogP contribution in [0.15, 0.2) is 23.1 Å². The molecule has 1 unspecified atom stereocenters. The molecule has 0 aliphatic carbocycles. The first-order valence-electron chi connectivity index (χ1n) is 6.95. The lowest BCUT2D eigenvalue weighted by molar-refractivity contribution is 0.444.